The summed E-state index contributed by atoms with van der Waals surface area (Å²) in [6.45, 7) is 2.07. The van der Waals surface area contributed by atoms with Gasteiger partial charge in [0.05, 0.1) is 11.4 Å². The van der Waals surface area contributed by atoms with Crippen molar-refractivity contribution in [1.29, 1.82) is 0 Å². The molecule has 0 atom stereocenters. The van der Waals surface area contributed by atoms with Gasteiger partial charge in [0, 0.05) is 52.6 Å². The van der Waals surface area contributed by atoms with Crippen molar-refractivity contribution < 1.29 is 0 Å². The lowest BCUT2D eigenvalue weighted by atomic mass is 10.0. The summed E-state index contributed by atoms with van der Waals surface area (Å²) in [5.41, 5.74) is 4.62. The maximum Gasteiger partial charge on any atom is 0.139 e. The molecule has 7 nitrogen and oxygen atoms in total. The quantitative estimate of drug-likeness (QED) is 0.260. The molecular weight excluding hydrogens is 446 g/mol. The number of halogens is 1. The van der Waals surface area contributed by atoms with Gasteiger partial charge in [0.25, 0.3) is 0 Å². The number of nitrogens with zero attached hydrogens (tertiary/aromatic N) is 4. The van der Waals surface area contributed by atoms with Crippen molar-refractivity contribution in [2.75, 3.05) is 23.0 Å². The van der Waals surface area contributed by atoms with Gasteiger partial charge in [0.1, 0.15) is 23.8 Å². The minimum absolute atomic E-state index is 0.690. The Hall–Kier alpha value is -4.23. The first-order valence-corrected chi connectivity index (χ1v) is 11.1. The molecule has 3 N–H and O–H groups in total. The van der Waals surface area contributed by atoms with Crippen LogP contribution in [0.4, 0.5) is 28.8 Å². The molecule has 0 saturated heterocycles. The van der Waals surface area contributed by atoms with Gasteiger partial charge in [-0.2, -0.15) is 0 Å². The van der Waals surface area contributed by atoms with Crippen molar-refractivity contribution in [1.82, 2.24) is 19.9 Å². The van der Waals surface area contributed by atoms with Crippen molar-refractivity contribution in [3.63, 3.8) is 0 Å². The Morgan fingerprint density at radius 3 is 2.41 bits per heavy atom. The van der Waals surface area contributed by atoms with Crippen molar-refractivity contribution in [2.24, 2.45) is 0 Å². The third-order valence-electron chi connectivity index (χ3n) is 5.51. The number of anilines is 5. The molecule has 2 aromatic carbocycles. The Morgan fingerprint density at radius 1 is 0.765 bits per heavy atom. The van der Waals surface area contributed by atoms with E-state index < -0.39 is 0 Å². The van der Waals surface area contributed by atoms with E-state index in [2.05, 4.69) is 54.9 Å². The molecule has 0 saturated carbocycles. The lowest BCUT2D eigenvalue weighted by Crippen LogP contribution is -2.02. The number of hydrogen-bond donors (Lipinski definition) is 3. The van der Waals surface area contributed by atoms with Crippen LogP contribution >= 0.6 is 11.6 Å². The van der Waals surface area contributed by atoms with Crippen LogP contribution in [-0.4, -0.2) is 27.0 Å². The molecule has 0 aliphatic heterocycles. The van der Waals surface area contributed by atoms with Gasteiger partial charge in [0.2, 0.25) is 0 Å². The Bertz CT molecular complexity index is 1470. The molecule has 0 aliphatic rings. The Morgan fingerprint density at radius 2 is 1.59 bits per heavy atom. The highest BCUT2D eigenvalue weighted by molar-refractivity contribution is 6.30. The number of aromatic nitrogens is 4. The molecule has 8 heteroatoms. The summed E-state index contributed by atoms with van der Waals surface area (Å²) in [4.78, 5) is 17.9. The SMILES string of the molecule is CNc1cc(-c2cccnc2Nc2c(C)ccc3c(Nc4ccc(Cl)cc4)nccc23)ncn1. The predicted molar refractivity (Wildman–Crippen MR) is 139 cm³/mol. The van der Waals surface area contributed by atoms with Crippen LogP contribution in [0.15, 0.2) is 79.4 Å². The summed E-state index contributed by atoms with van der Waals surface area (Å²) in [5, 5.41) is 12.7. The fourth-order valence-corrected chi connectivity index (χ4v) is 3.90. The third-order valence-corrected chi connectivity index (χ3v) is 5.76. The Kier molecular flexibility index (Phi) is 5.93. The summed E-state index contributed by atoms with van der Waals surface area (Å²) >= 11 is 6.03. The van der Waals surface area contributed by atoms with Crippen LogP contribution in [0.5, 0.6) is 0 Å². The number of benzene rings is 2. The normalized spacial score (nSPS) is 10.8. The Balaban J connectivity index is 1.56. The molecule has 5 rings (SSSR count). The fourth-order valence-electron chi connectivity index (χ4n) is 3.77. The third kappa shape index (κ3) is 4.33. The second kappa shape index (κ2) is 9.33. The largest absolute Gasteiger partial charge is 0.373 e. The highest BCUT2D eigenvalue weighted by atomic mass is 35.5. The zero-order valence-electron chi connectivity index (χ0n) is 18.7. The zero-order valence-corrected chi connectivity index (χ0v) is 19.4. The molecule has 0 radical (unpaired) electrons. The first kappa shape index (κ1) is 21.6. The van der Waals surface area contributed by atoms with Gasteiger partial charge >= 0.3 is 0 Å². The lowest BCUT2D eigenvalue weighted by Gasteiger charge is -2.17. The van der Waals surface area contributed by atoms with Crippen LogP contribution in [0, 0.1) is 6.92 Å². The van der Waals surface area contributed by atoms with E-state index in [-0.39, 0.29) is 0 Å². The fraction of sp³-hybridized carbons (Fsp3) is 0.0769. The molecular formula is C26H22ClN7. The highest BCUT2D eigenvalue weighted by Crippen LogP contribution is 2.35. The van der Waals surface area contributed by atoms with E-state index in [9.17, 15) is 0 Å². The minimum Gasteiger partial charge on any atom is -0.373 e. The molecule has 0 aliphatic carbocycles. The number of rotatable bonds is 6. The molecule has 3 aromatic heterocycles. The zero-order chi connectivity index (χ0) is 23.5. The average molecular weight is 468 g/mol. The van der Waals surface area contributed by atoms with E-state index in [1.807, 2.05) is 55.6 Å². The number of pyridine rings is 2. The smallest absolute Gasteiger partial charge is 0.139 e. The molecule has 0 unspecified atom stereocenters. The molecule has 3 heterocycles. The lowest BCUT2D eigenvalue weighted by molar-refractivity contribution is 1.16. The van der Waals surface area contributed by atoms with Crippen LogP contribution in [0.25, 0.3) is 22.0 Å². The van der Waals surface area contributed by atoms with Crippen molar-refractivity contribution in [2.45, 2.75) is 6.92 Å². The maximum absolute atomic E-state index is 6.03. The van der Waals surface area contributed by atoms with Crippen LogP contribution in [0.1, 0.15) is 5.56 Å². The predicted octanol–water partition coefficient (Wildman–Crippen LogP) is 6.58. The summed E-state index contributed by atoms with van der Waals surface area (Å²) in [5.74, 6) is 2.21. The van der Waals surface area contributed by atoms with Gasteiger partial charge in [-0.15, -0.1) is 0 Å². The number of fused-ring (bicyclic) bond motifs is 1. The minimum atomic E-state index is 0.690. The topological polar surface area (TPSA) is 87.7 Å². The van der Waals surface area contributed by atoms with Crippen LogP contribution in [0.2, 0.25) is 5.02 Å². The number of nitrogens with one attached hydrogen (secondary N) is 3. The first-order valence-electron chi connectivity index (χ1n) is 10.8. The molecule has 0 bridgehead atoms. The van der Waals surface area contributed by atoms with Crippen LogP contribution in [-0.2, 0) is 0 Å². The van der Waals surface area contributed by atoms with Crippen molar-refractivity contribution in [3.8, 4) is 11.3 Å². The van der Waals surface area contributed by atoms with E-state index >= 15 is 0 Å². The van der Waals surface area contributed by atoms with Crippen molar-refractivity contribution in [3.05, 3.63) is 90.0 Å². The molecule has 5 aromatic rings. The van der Waals surface area contributed by atoms with Gasteiger partial charge in [-0.25, -0.2) is 19.9 Å². The molecule has 0 spiro atoms. The highest BCUT2D eigenvalue weighted by Gasteiger charge is 2.14. The number of hydrogen-bond acceptors (Lipinski definition) is 7. The van der Waals surface area contributed by atoms with Crippen LogP contribution < -0.4 is 16.0 Å². The first-order chi connectivity index (χ1) is 16.6. The summed E-state index contributed by atoms with van der Waals surface area (Å²) < 4.78 is 0. The summed E-state index contributed by atoms with van der Waals surface area (Å²) in [6.07, 6.45) is 5.11. The molecule has 34 heavy (non-hydrogen) atoms. The van der Waals surface area contributed by atoms with E-state index in [0.717, 1.165) is 50.6 Å². The van der Waals surface area contributed by atoms with E-state index in [1.54, 1.807) is 18.7 Å². The molecule has 0 fully saturated rings. The average Bonchev–Trinajstić information content (AvgIpc) is 2.87. The molecule has 0 amide bonds. The second-order valence-electron chi connectivity index (χ2n) is 7.71. The summed E-state index contributed by atoms with van der Waals surface area (Å²) in [7, 11) is 1.83. The van der Waals surface area contributed by atoms with E-state index in [4.69, 9.17) is 11.6 Å². The standard InChI is InChI=1S/C26H22ClN7/c1-16-5-10-20-19(11-13-30-25(20)33-18-8-6-17(27)7-9-18)24(16)34-26-21(4-3-12-29-26)22-14-23(28-2)32-15-31-22/h3-15H,1-2H3,(H,29,34)(H,30,33)(H,28,31,32). The van der Waals surface area contributed by atoms with Gasteiger partial charge in [-0.1, -0.05) is 23.7 Å². The van der Waals surface area contributed by atoms with Gasteiger partial charge < -0.3 is 16.0 Å². The molecule has 168 valence electrons. The monoisotopic (exact) mass is 467 g/mol. The summed E-state index contributed by atoms with van der Waals surface area (Å²) in [6, 6.07) is 19.5. The van der Waals surface area contributed by atoms with Gasteiger partial charge in [0.15, 0.2) is 0 Å². The Labute approximate surface area is 202 Å². The van der Waals surface area contributed by atoms with Crippen molar-refractivity contribution >= 4 is 51.2 Å². The second-order valence-corrected chi connectivity index (χ2v) is 8.14. The van der Waals surface area contributed by atoms with Gasteiger partial charge in [-0.3, -0.25) is 0 Å². The van der Waals surface area contributed by atoms with E-state index in [1.165, 1.54) is 0 Å². The van der Waals surface area contributed by atoms with Gasteiger partial charge in [-0.05, 0) is 55.0 Å². The number of aryl methyl sites for hydroxylation is 1. The maximum atomic E-state index is 6.03. The van der Waals surface area contributed by atoms with Crippen LogP contribution in [0.3, 0.4) is 0 Å². The van der Waals surface area contributed by atoms with E-state index in [0.29, 0.717) is 10.8 Å².